The lowest BCUT2D eigenvalue weighted by atomic mass is 9.53. The summed E-state index contributed by atoms with van der Waals surface area (Å²) in [5, 5.41) is 3.77. The molecule has 0 atom stereocenters. The quantitative estimate of drug-likeness (QED) is 0.696. The molecule has 0 radical (unpaired) electrons. The number of nitrogens with two attached hydrogens (primary N) is 1. The Hall–Kier alpha value is -0.810. The molecule has 3 N–H and O–H groups in total. The van der Waals surface area contributed by atoms with E-state index in [4.69, 9.17) is 10.5 Å². The molecule has 4 fully saturated rings. The predicted octanol–water partition coefficient (Wildman–Crippen LogP) is 1.66. The summed E-state index contributed by atoms with van der Waals surface area (Å²) in [6.07, 6.45) is 7.78. The molecule has 0 aromatic carbocycles. The van der Waals surface area contributed by atoms with E-state index < -0.39 is 6.09 Å². The Bertz CT molecular complexity index is 324. The smallest absolute Gasteiger partial charge is 0.404 e. The maximum absolute atomic E-state index is 10.4. The molecular weight excluding hydrogens is 256 g/mol. The lowest BCUT2D eigenvalue weighted by molar-refractivity contribution is -0.0235. The zero-order valence-corrected chi connectivity index (χ0v) is 12.1. The number of amides is 1. The van der Waals surface area contributed by atoms with Crippen molar-refractivity contribution < 1.29 is 14.3 Å². The Kier molecular flexibility index (Phi) is 4.17. The molecule has 4 aliphatic carbocycles. The summed E-state index contributed by atoms with van der Waals surface area (Å²) in [7, 11) is 0. The Balaban J connectivity index is 1.33. The second-order valence-corrected chi connectivity index (χ2v) is 6.90. The second kappa shape index (κ2) is 5.90. The number of hydrogen-bond donors (Lipinski definition) is 2. The Morgan fingerprint density at radius 3 is 2.20 bits per heavy atom. The highest BCUT2D eigenvalue weighted by molar-refractivity contribution is 5.64. The molecule has 4 rings (SSSR count). The molecule has 5 heteroatoms. The molecule has 0 aromatic rings. The van der Waals surface area contributed by atoms with Crippen LogP contribution in [0.2, 0.25) is 0 Å². The van der Waals surface area contributed by atoms with Gasteiger partial charge in [0.2, 0.25) is 0 Å². The summed E-state index contributed by atoms with van der Waals surface area (Å²) in [5.74, 6) is 2.91. The van der Waals surface area contributed by atoms with Crippen LogP contribution in [-0.2, 0) is 9.47 Å². The van der Waals surface area contributed by atoms with Crippen molar-refractivity contribution in [2.75, 3.05) is 26.4 Å². The molecule has 0 unspecified atom stereocenters. The number of carbonyl (C=O) groups is 1. The highest BCUT2D eigenvalue weighted by Gasteiger charge is 2.50. The maximum Gasteiger partial charge on any atom is 0.404 e. The van der Waals surface area contributed by atoms with Crippen LogP contribution >= 0.6 is 0 Å². The molecule has 4 aliphatic rings. The lowest BCUT2D eigenvalue weighted by Gasteiger charge is -2.57. The van der Waals surface area contributed by atoms with Gasteiger partial charge >= 0.3 is 6.09 Å². The van der Waals surface area contributed by atoms with Crippen molar-refractivity contribution in [1.82, 2.24) is 5.32 Å². The van der Waals surface area contributed by atoms with E-state index in [1.807, 2.05) is 0 Å². The van der Waals surface area contributed by atoms with Crippen molar-refractivity contribution in [1.29, 1.82) is 0 Å². The van der Waals surface area contributed by atoms with Gasteiger partial charge in [-0.15, -0.1) is 0 Å². The van der Waals surface area contributed by atoms with Crippen molar-refractivity contribution in [3.8, 4) is 0 Å². The molecule has 0 heterocycles. The van der Waals surface area contributed by atoms with E-state index >= 15 is 0 Å². The van der Waals surface area contributed by atoms with Gasteiger partial charge in [0.1, 0.15) is 6.61 Å². The van der Waals surface area contributed by atoms with Gasteiger partial charge in [-0.1, -0.05) is 0 Å². The number of carbonyl (C=O) groups excluding carboxylic acids is 1. The van der Waals surface area contributed by atoms with Gasteiger partial charge in [-0.05, 0) is 56.3 Å². The first-order valence-electron chi connectivity index (χ1n) is 7.90. The van der Waals surface area contributed by atoms with Gasteiger partial charge in [0, 0.05) is 12.1 Å². The summed E-state index contributed by atoms with van der Waals surface area (Å²) < 4.78 is 10.1. The minimum atomic E-state index is -0.736. The molecule has 5 nitrogen and oxygen atoms in total. The third kappa shape index (κ3) is 3.26. The van der Waals surface area contributed by atoms with Crippen LogP contribution in [0.15, 0.2) is 0 Å². The van der Waals surface area contributed by atoms with Gasteiger partial charge in [0.25, 0.3) is 0 Å². The Labute approximate surface area is 120 Å². The minimum absolute atomic E-state index is 0.243. The molecule has 4 saturated carbocycles. The molecule has 20 heavy (non-hydrogen) atoms. The number of rotatable bonds is 7. The van der Waals surface area contributed by atoms with E-state index in [0.717, 1.165) is 24.3 Å². The first kappa shape index (κ1) is 14.1. The van der Waals surface area contributed by atoms with Crippen LogP contribution in [0.1, 0.15) is 38.5 Å². The summed E-state index contributed by atoms with van der Waals surface area (Å²) in [4.78, 5) is 10.4. The molecule has 0 saturated heterocycles. The predicted molar refractivity (Wildman–Crippen MR) is 75.3 cm³/mol. The fraction of sp³-hybridized carbons (Fsp3) is 0.933. The maximum atomic E-state index is 10.4. The van der Waals surface area contributed by atoms with Crippen LogP contribution in [0.25, 0.3) is 0 Å². The van der Waals surface area contributed by atoms with E-state index in [2.05, 4.69) is 10.1 Å². The minimum Gasteiger partial charge on any atom is -0.447 e. The summed E-state index contributed by atoms with van der Waals surface area (Å²) in [5.41, 5.74) is 5.28. The molecule has 4 bridgehead atoms. The van der Waals surface area contributed by atoms with Crippen LogP contribution in [0.4, 0.5) is 4.79 Å². The van der Waals surface area contributed by atoms with Crippen LogP contribution in [0, 0.1) is 17.8 Å². The fourth-order valence-electron chi connectivity index (χ4n) is 5.02. The third-order valence-corrected chi connectivity index (χ3v) is 5.26. The van der Waals surface area contributed by atoms with Crippen LogP contribution in [-0.4, -0.2) is 38.0 Å². The third-order valence-electron chi connectivity index (χ3n) is 5.26. The largest absolute Gasteiger partial charge is 0.447 e. The van der Waals surface area contributed by atoms with E-state index in [1.54, 1.807) is 0 Å². The highest BCUT2D eigenvalue weighted by atomic mass is 16.6. The second-order valence-electron chi connectivity index (χ2n) is 6.90. The standard InChI is InChI=1S/C15H26N2O3/c16-14(18)20-4-3-19-2-1-17-15-8-11-5-12(9-15)7-13(6-11)10-15/h11-13,17H,1-10H2,(H2,16,18). The van der Waals surface area contributed by atoms with Crippen molar-refractivity contribution in [2.45, 2.75) is 44.1 Å². The van der Waals surface area contributed by atoms with E-state index in [0.29, 0.717) is 18.8 Å². The first-order valence-corrected chi connectivity index (χ1v) is 7.90. The monoisotopic (exact) mass is 282 g/mol. The number of primary amides is 1. The van der Waals surface area contributed by atoms with Crippen LogP contribution in [0.5, 0.6) is 0 Å². The van der Waals surface area contributed by atoms with Gasteiger partial charge in [-0.2, -0.15) is 0 Å². The summed E-state index contributed by atoms with van der Waals surface area (Å²) in [6.45, 7) is 2.23. The van der Waals surface area contributed by atoms with Crippen molar-refractivity contribution in [2.24, 2.45) is 23.5 Å². The Morgan fingerprint density at radius 2 is 1.65 bits per heavy atom. The van der Waals surface area contributed by atoms with E-state index in [9.17, 15) is 4.79 Å². The molecule has 0 aromatic heterocycles. The zero-order valence-electron chi connectivity index (χ0n) is 12.1. The summed E-state index contributed by atoms with van der Waals surface area (Å²) in [6, 6.07) is 0. The highest BCUT2D eigenvalue weighted by Crippen LogP contribution is 2.55. The van der Waals surface area contributed by atoms with Crippen molar-refractivity contribution in [3.05, 3.63) is 0 Å². The van der Waals surface area contributed by atoms with Gasteiger partial charge in [0.05, 0.1) is 13.2 Å². The van der Waals surface area contributed by atoms with E-state index in [1.165, 1.54) is 38.5 Å². The van der Waals surface area contributed by atoms with Crippen molar-refractivity contribution >= 4 is 6.09 Å². The lowest BCUT2D eigenvalue weighted by Crippen LogP contribution is -2.58. The molecule has 114 valence electrons. The SMILES string of the molecule is NC(=O)OCCOCCNC12CC3CC(CC(C3)C1)C2. The molecule has 1 amide bonds. The first-order chi connectivity index (χ1) is 9.65. The average Bonchev–Trinajstić information content (AvgIpc) is 2.35. The van der Waals surface area contributed by atoms with Gasteiger partial charge < -0.3 is 20.5 Å². The van der Waals surface area contributed by atoms with Gasteiger partial charge in [0.15, 0.2) is 0 Å². The number of hydrogen-bond acceptors (Lipinski definition) is 4. The number of nitrogens with one attached hydrogen (secondary N) is 1. The van der Waals surface area contributed by atoms with Crippen LogP contribution < -0.4 is 11.1 Å². The van der Waals surface area contributed by atoms with Gasteiger partial charge in [-0.3, -0.25) is 0 Å². The topological polar surface area (TPSA) is 73.6 Å². The van der Waals surface area contributed by atoms with Crippen molar-refractivity contribution in [3.63, 3.8) is 0 Å². The number of ether oxygens (including phenoxy) is 2. The molecule has 0 spiro atoms. The Morgan fingerprint density at radius 1 is 1.05 bits per heavy atom. The zero-order chi connectivity index (χ0) is 14.0. The normalized spacial score (nSPS) is 38.1. The van der Waals surface area contributed by atoms with Crippen LogP contribution in [0.3, 0.4) is 0 Å². The molecule has 0 aliphatic heterocycles. The van der Waals surface area contributed by atoms with E-state index in [-0.39, 0.29) is 6.61 Å². The average molecular weight is 282 g/mol. The summed E-state index contributed by atoms with van der Waals surface area (Å²) >= 11 is 0. The fourth-order valence-corrected chi connectivity index (χ4v) is 5.02. The van der Waals surface area contributed by atoms with Gasteiger partial charge in [-0.25, -0.2) is 4.79 Å². The molecular formula is C15H26N2O3.